The lowest BCUT2D eigenvalue weighted by Gasteiger charge is -2.01. The fourth-order valence-electron chi connectivity index (χ4n) is 1.28. The van der Waals surface area contributed by atoms with Gasteiger partial charge >= 0.3 is 0 Å². The van der Waals surface area contributed by atoms with Gasteiger partial charge < -0.3 is 0 Å². The molecule has 1 aromatic rings. The summed E-state index contributed by atoms with van der Waals surface area (Å²) in [6.45, 7) is 7.90. The van der Waals surface area contributed by atoms with Crippen molar-refractivity contribution in [1.29, 1.82) is 5.26 Å². The van der Waals surface area contributed by atoms with Gasteiger partial charge in [-0.15, -0.1) is 0 Å². The standard InChI is InChI=1S/C15H15N/c1-4-14(8-5-12(2)3)15-9-6-13(11-16)7-10-15/h4-10H,1H2,2-3H3/b14-8+. The van der Waals surface area contributed by atoms with Gasteiger partial charge in [0.1, 0.15) is 0 Å². The Balaban J connectivity index is 3.06. The molecule has 0 saturated carbocycles. The Hall–Kier alpha value is -2.07. The van der Waals surface area contributed by atoms with Crippen LogP contribution in [0.25, 0.3) is 5.57 Å². The molecule has 0 saturated heterocycles. The highest BCUT2D eigenvalue weighted by atomic mass is 14.2. The third-order valence-corrected chi connectivity index (χ3v) is 2.16. The first-order chi connectivity index (χ1) is 7.67. The summed E-state index contributed by atoms with van der Waals surface area (Å²) < 4.78 is 0. The molecule has 0 heterocycles. The molecule has 80 valence electrons. The van der Waals surface area contributed by atoms with Crippen molar-refractivity contribution in [3.63, 3.8) is 0 Å². The van der Waals surface area contributed by atoms with Crippen molar-refractivity contribution in [2.24, 2.45) is 0 Å². The van der Waals surface area contributed by atoms with Crippen LogP contribution in [0.1, 0.15) is 25.0 Å². The van der Waals surface area contributed by atoms with Crippen molar-refractivity contribution in [2.45, 2.75) is 13.8 Å². The molecule has 0 radical (unpaired) electrons. The van der Waals surface area contributed by atoms with E-state index in [9.17, 15) is 0 Å². The van der Waals surface area contributed by atoms with E-state index in [1.165, 1.54) is 5.57 Å². The Morgan fingerprint density at radius 2 is 1.81 bits per heavy atom. The Bertz CT molecular complexity index is 463. The van der Waals surface area contributed by atoms with Gasteiger partial charge in [-0.1, -0.05) is 42.5 Å². The second kappa shape index (κ2) is 5.72. The van der Waals surface area contributed by atoms with E-state index in [0.29, 0.717) is 5.56 Å². The van der Waals surface area contributed by atoms with Crippen LogP contribution in [-0.4, -0.2) is 0 Å². The quantitative estimate of drug-likeness (QED) is 0.688. The van der Waals surface area contributed by atoms with Crippen molar-refractivity contribution in [1.82, 2.24) is 0 Å². The summed E-state index contributed by atoms with van der Waals surface area (Å²) in [5, 5.41) is 8.71. The van der Waals surface area contributed by atoms with Gasteiger partial charge in [-0.25, -0.2) is 0 Å². The summed E-state index contributed by atoms with van der Waals surface area (Å²) in [4.78, 5) is 0. The number of hydrogen-bond acceptors (Lipinski definition) is 1. The van der Waals surface area contributed by atoms with Crippen molar-refractivity contribution >= 4 is 5.57 Å². The summed E-state index contributed by atoms with van der Waals surface area (Å²) in [6, 6.07) is 9.60. The van der Waals surface area contributed by atoms with Crippen LogP contribution in [0.3, 0.4) is 0 Å². The van der Waals surface area contributed by atoms with Gasteiger partial charge in [0, 0.05) is 0 Å². The molecular weight excluding hydrogens is 194 g/mol. The predicted molar refractivity (Wildman–Crippen MR) is 68.8 cm³/mol. The van der Waals surface area contributed by atoms with Crippen LogP contribution in [0.2, 0.25) is 0 Å². The van der Waals surface area contributed by atoms with Gasteiger partial charge in [0.25, 0.3) is 0 Å². The summed E-state index contributed by atoms with van der Waals surface area (Å²) in [7, 11) is 0. The molecule has 0 N–H and O–H groups in total. The second-order valence-electron chi connectivity index (χ2n) is 3.76. The molecule has 1 rings (SSSR count). The molecule has 0 aromatic heterocycles. The molecule has 0 spiro atoms. The van der Waals surface area contributed by atoms with Gasteiger partial charge in [-0.05, 0) is 37.1 Å². The average Bonchev–Trinajstić information content (AvgIpc) is 2.30. The molecule has 0 atom stereocenters. The van der Waals surface area contributed by atoms with Crippen LogP contribution >= 0.6 is 0 Å². The molecule has 0 unspecified atom stereocenters. The predicted octanol–water partition coefficient (Wildman–Crippen LogP) is 4.09. The van der Waals surface area contributed by atoms with E-state index in [4.69, 9.17) is 5.26 Å². The number of allylic oxidation sites excluding steroid dienone is 5. The lowest BCUT2D eigenvalue weighted by molar-refractivity contribution is 1.39. The van der Waals surface area contributed by atoms with Crippen LogP contribution in [0.5, 0.6) is 0 Å². The molecule has 0 aliphatic rings. The Kier molecular flexibility index (Phi) is 4.29. The zero-order valence-corrected chi connectivity index (χ0v) is 9.70. The highest BCUT2D eigenvalue weighted by Crippen LogP contribution is 2.16. The first-order valence-corrected chi connectivity index (χ1v) is 5.15. The van der Waals surface area contributed by atoms with Crippen LogP contribution < -0.4 is 0 Å². The maximum absolute atomic E-state index is 8.71. The number of rotatable bonds is 3. The largest absolute Gasteiger partial charge is 0.192 e. The van der Waals surface area contributed by atoms with E-state index in [0.717, 1.165) is 11.1 Å². The zero-order chi connectivity index (χ0) is 12.0. The van der Waals surface area contributed by atoms with E-state index in [2.05, 4.69) is 32.6 Å². The Morgan fingerprint density at radius 3 is 2.25 bits per heavy atom. The van der Waals surface area contributed by atoms with Gasteiger partial charge in [0.2, 0.25) is 0 Å². The van der Waals surface area contributed by atoms with E-state index in [-0.39, 0.29) is 0 Å². The molecule has 0 amide bonds. The molecule has 0 bridgehead atoms. The number of benzene rings is 1. The van der Waals surface area contributed by atoms with Gasteiger partial charge in [0.15, 0.2) is 0 Å². The number of nitriles is 1. The van der Waals surface area contributed by atoms with Crippen LogP contribution in [-0.2, 0) is 0 Å². The van der Waals surface area contributed by atoms with Crippen molar-refractivity contribution in [2.75, 3.05) is 0 Å². The summed E-state index contributed by atoms with van der Waals surface area (Å²) in [5.74, 6) is 0. The minimum Gasteiger partial charge on any atom is -0.192 e. The van der Waals surface area contributed by atoms with E-state index in [1.807, 2.05) is 36.4 Å². The molecule has 0 fully saturated rings. The molecule has 1 heteroatoms. The van der Waals surface area contributed by atoms with Gasteiger partial charge in [-0.2, -0.15) is 5.26 Å². The third-order valence-electron chi connectivity index (χ3n) is 2.16. The summed E-state index contributed by atoms with van der Waals surface area (Å²) in [6.07, 6.45) is 5.90. The molecular formula is C15H15N. The summed E-state index contributed by atoms with van der Waals surface area (Å²) >= 11 is 0. The fraction of sp³-hybridized carbons (Fsp3) is 0.133. The third kappa shape index (κ3) is 3.25. The Morgan fingerprint density at radius 1 is 1.19 bits per heavy atom. The molecule has 1 aromatic carbocycles. The molecule has 0 aliphatic heterocycles. The normalized spacial score (nSPS) is 10.4. The minimum atomic E-state index is 0.675. The maximum Gasteiger partial charge on any atom is 0.0991 e. The van der Waals surface area contributed by atoms with Crippen molar-refractivity contribution in [3.05, 3.63) is 65.8 Å². The van der Waals surface area contributed by atoms with E-state index in [1.54, 1.807) is 0 Å². The first-order valence-electron chi connectivity index (χ1n) is 5.15. The van der Waals surface area contributed by atoms with Crippen molar-refractivity contribution in [3.8, 4) is 6.07 Å². The monoisotopic (exact) mass is 209 g/mol. The Labute approximate surface area is 97.0 Å². The highest BCUT2D eigenvalue weighted by Gasteiger charge is 1.96. The molecule has 1 nitrogen and oxygen atoms in total. The van der Waals surface area contributed by atoms with Gasteiger partial charge in [0.05, 0.1) is 11.6 Å². The van der Waals surface area contributed by atoms with Gasteiger partial charge in [-0.3, -0.25) is 0 Å². The van der Waals surface area contributed by atoms with E-state index < -0.39 is 0 Å². The summed E-state index contributed by atoms with van der Waals surface area (Å²) in [5.41, 5.74) is 4.06. The fourth-order valence-corrected chi connectivity index (χ4v) is 1.28. The maximum atomic E-state index is 8.71. The lowest BCUT2D eigenvalue weighted by atomic mass is 10.0. The molecule has 0 aliphatic carbocycles. The highest BCUT2D eigenvalue weighted by molar-refractivity contribution is 5.75. The number of nitrogens with zero attached hydrogens (tertiary/aromatic N) is 1. The topological polar surface area (TPSA) is 23.8 Å². The van der Waals surface area contributed by atoms with Crippen LogP contribution in [0, 0.1) is 11.3 Å². The van der Waals surface area contributed by atoms with Crippen molar-refractivity contribution < 1.29 is 0 Å². The zero-order valence-electron chi connectivity index (χ0n) is 9.70. The second-order valence-corrected chi connectivity index (χ2v) is 3.76. The van der Waals surface area contributed by atoms with E-state index >= 15 is 0 Å². The minimum absolute atomic E-state index is 0.675. The SMILES string of the molecule is C=C/C(=C\C=C(C)C)c1ccc(C#N)cc1. The van der Waals surface area contributed by atoms with Crippen LogP contribution in [0.15, 0.2) is 54.6 Å². The lowest BCUT2D eigenvalue weighted by Crippen LogP contribution is -1.81. The number of hydrogen-bond donors (Lipinski definition) is 0. The van der Waals surface area contributed by atoms with Crippen LogP contribution in [0.4, 0.5) is 0 Å². The first kappa shape index (κ1) is 12.0. The molecule has 16 heavy (non-hydrogen) atoms. The smallest absolute Gasteiger partial charge is 0.0991 e. The average molecular weight is 209 g/mol.